The molecule has 4 rings (SSSR count). The molecule has 0 radical (unpaired) electrons. The zero-order valence-corrected chi connectivity index (χ0v) is 15.9. The average Bonchev–Trinajstić information content (AvgIpc) is 3.20. The third kappa shape index (κ3) is 3.45. The fraction of sp³-hybridized carbons (Fsp3) is 0.611. The standard InChI is InChI=1S/C18H25N7O2/c1-11-6-13(7-11)9-24-10-19-16(22-24)17(26)20-14-4-5-25-15(8-12(2)21-25)23(3)18(14)27/h8,10-11,13-14H,4-7,9H2,1-3H3,(H,20,26)/t11-,13+,14-/m0/s1. The fourth-order valence-electron chi connectivity index (χ4n) is 4.01. The van der Waals surface area contributed by atoms with Gasteiger partial charge < -0.3 is 5.32 Å². The molecule has 1 saturated carbocycles. The van der Waals surface area contributed by atoms with Crippen molar-refractivity contribution in [2.75, 3.05) is 11.9 Å². The minimum atomic E-state index is -0.621. The van der Waals surface area contributed by atoms with Crippen LogP contribution in [0.1, 0.15) is 42.5 Å². The van der Waals surface area contributed by atoms with Gasteiger partial charge in [0.1, 0.15) is 18.2 Å². The molecule has 144 valence electrons. The number of nitrogens with zero attached hydrogens (tertiary/aromatic N) is 6. The Bertz CT molecular complexity index is 865. The van der Waals surface area contributed by atoms with Gasteiger partial charge in [-0.25, -0.2) is 9.67 Å². The molecule has 1 N–H and O–H groups in total. The van der Waals surface area contributed by atoms with Gasteiger partial charge in [-0.1, -0.05) is 6.92 Å². The van der Waals surface area contributed by atoms with Gasteiger partial charge in [0.05, 0.1) is 5.69 Å². The second kappa shape index (κ2) is 6.79. The van der Waals surface area contributed by atoms with Crippen LogP contribution in [0.25, 0.3) is 0 Å². The zero-order valence-electron chi connectivity index (χ0n) is 15.9. The first-order valence-electron chi connectivity index (χ1n) is 9.43. The monoisotopic (exact) mass is 371 g/mol. The van der Waals surface area contributed by atoms with Gasteiger partial charge in [-0.3, -0.25) is 19.2 Å². The highest BCUT2D eigenvalue weighted by atomic mass is 16.2. The van der Waals surface area contributed by atoms with Gasteiger partial charge in [-0.15, -0.1) is 5.10 Å². The average molecular weight is 371 g/mol. The quantitative estimate of drug-likeness (QED) is 0.864. The van der Waals surface area contributed by atoms with Gasteiger partial charge in [-0.05, 0) is 38.0 Å². The predicted octanol–water partition coefficient (Wildman–Crippen LogP) is 0.994. The summed E-state index contributed by atoms with van der Waals surface area (Å²) in [5.74, 6) is 1.66. The van der Waals surface area contributed by atoms with Gasteiger partial charge in [0.25, 0.3) is 11.8 Å². The summed E-state index contributed by atoms with van der Waals surface area (Å²) in [6.45, 7) is 5.48. The first kappa shape index (κ1) is 17.7. The number of hydrogen-bond acceptors (Lipinski definition) is 5. The Labute approximate surface area is 157 Å². The van der Waals surface area contributed by atoms with E-state index in [2.05, 4.69) is 27.4 Å². The maximum absolute atomic E-state index is 12.7. The van der Waals surface area contributed by atoms with E-state index in [1.807, 2.05) is 13.0 Å². The maximum Gasteiger partial charge on any atom is 0.291 e. The lowest BCUT2D eigenvalue weighted by Crippen LogP contribution is -2.47. The molecule has 2 aromatic heterocycles. The van der Waals surface area contributed by atoms with E-state index in [0.29, 0.717) is 18.9 Å². The first-order chi connectivity index (χ1) is 12.9. The van der Waals surface area contributed by atoms with E-state index in [9.17, 15) is 9.59 Å². The lowest BCUT2D eigenvalue weighted by atomic mass is 9.76. The van der Waals surface area contributed by atoms with Crippen LogP contribution < -0.4 is 10.2 Å². The van der Waals surface area contributed by atoms with E-state index in [4.69, 9.17) is 0 Å². The van der Waals surface area contributed by atoms with Gasteiger partial charge in [0, 0.05) is 26.2 Å². The summed E-state index contributed by atoms with van der Waals surface area (Å²) in [6.07, 6.45) is 4.46. The van der Waals surface area contributed by atoms with E-state index in [1.165, 1.54) is 12.8 Å². The SMILES string of the molecule is Cc1cc2n(n1)CC[C@H](NC(=O)c1ncn(C[C@H]3C[C@@H](C)C3)n1)C(=O)N2C. The van der Waals surface area contributed by atoms with E-state index in [0.717, 1.165) is 24.0 Å². The second-order valence-electron chi connectivity index (χ2n) is 7.81. The number of fused-ring (bicyclic) bond motifs is 1. The summed E-state index contributed by atoms with van der Waals surface area (Å²) in [5.41, 5.74) is 0.864. The molecule has 2 aromatic rings. The van der Waals surface area contributed by atoms with Crippen LogP contribution in [0.5, 0.6) is 0 Å². The van der Waals surface area contributed by atoms with Gasteiger partial charge in [0.2, 0.25) is 5.82 Å². The second-order valence-corrected chi connectivity index (χ2v) is 7.81. The Balaban J connectivity index is 1.40. The molecule has 1 atom stereocenters. The Hall–Kier alpha value is -2.71. The number of likely N-dealkylation sites (N-methyl/N-ethyl adjacent to an activating group) is 1. The van der Waals surface area contributed by atoms with E-state index >= 15 is 0 Å². The highest BCUT2D eigenvalue weighted by Crippen LogP contribution is 2.33. The Morgan fingerprint density at radius 3 is 2.85 bits per heavy atom. The molecule has 2 amide bonds. The van der Waals surface area contributed by atoms with E-state index in [1.54, 1.807) is 27.6 Å². The number of carbonyl (C=O) groups is 2. The molecule has 1 aliphatic carbocycles. The molecule has 2 aliphatic rings. The van der Waals surface area contributed by atoms with Crippen LogP contribution in [0, 0.1) is 18.8 Å². The van der Waals surface area contributed by atoms with Crippen molar-refractivity contribution in [3.8, 4) is 0 Å². The fourth-order valence-corrected chi connectivity index (χ4v) is 4.01. The summed E-state index contributed by atoms with van der Waals surface area (Å²) in [7, 11) is 1.70. The van der Waals surface area contributed by atoms with Crippen molar-refractivity contribution in [3.05, 3.63) is 23.9 Å². The van der Waals surface area contributed by atoms with Crippen molar-refractivity contribution in [3.63, 3.8) is 0 Å². The van der Waals surface area contributed by atoms with Gasteiger partial charge in [0.15, 0.2) is 0 Å². The maximum atomic E-state index is 12.7. The first-order valence-corrected chi connectivity index (χ1v) is 9.43. The van der Waals surface area contributed by atoms with Crippen molar-refractivity contribution in [2.24, 2.45) is 11.8 Å². The Kier molecular flexibility index (Phi) is 4.45. The van der Waals surface area contributed by atoms with Crippen molar-refractivity contribution >= 4 is 17.6 Å². The number of carbonyl (C=O) groups excluding carboxylic acids is 2. The number of aryl methyl sites for hydroxylation is 2. The van der Waals surface area contributed by atoms with Gasteiger partial charge in [-0.2, -0.15) is 5.10 Å². The molecule has 1 aliphatic heterocycles. The van der Waals surface area contributed by atoms with Crippen LogP contribution in [0.3, 0.4) is 0 Å². The number of anilines is 1. The summed E-state index contributed by atoms with van der Waals surface area (Å²) in [6, 6.07) is 1.25. The minimum absolute atomic E-state index is 0.107. The molecular formula is C18H25N7O2. The number of aromatic nitrogens is 5. The van der Waals surface area contributed by atoms with Crippen molar-refractivity contribution in [1.82, 2.24) is 29.9 Å². The number of nitrogens with one attached hydrogen (secondary N) is 1. The Morgan fingerprint density at radius 2 is 2.11 bits per heavy atom. The molecule has 0 bridgehead atoms. The molecular weight excluding hydrogens is 346 g/mol. The number of amides is 2. The minimum Gasteiger partial charge on any atom is -0.337 e. The largest absolute Gasteiger partial charge is 0.337 e. The normalized spacial score (nSPS) is 24.9. The number of rotatable bonds is 4. The lowest BCUT2D eigenvalue weighted by Gasteiger charge is -2.32. The molecule has 9 heteroatoms. The topological polar surface area (TPSA) is 97.9 Å². The molecule has 0 spiro atoms. The summed E-state index contributed by atoms with van der Waals surface area (Å²) < 4.78 is 3.52. The van der Waals surface area contributed by atoms with Crippen molar-refractivity contribution < 1.29 is 9.59 Å². The molecule has 27 heavy (non-hydrogen) atoms. The zero-order chi connectivity index (χ0) is 19.1. The molecule has 9 nitrogen and oxygen atoms in total. The third-order valence-corrected chi connectivity index (χ3v) is 5.44. The van der Waals surface area contributed by atoms with Crippen LogP contribution in [0.4, 0.5) is 5.82 Å². The third-order valence-electron chi connectivity index (χ3n) is 5.44. The molecule has 0 saturated heterocycles. The van der Waals surface area contributed by atoms with Gasteiger partial charge >= 0.3 is 0 Å². The highest BCUT2D eigenvalue weighted by molar-refractivity contribution is 6.00. The van der Waals surface area contributed by atoms with Crippen LogP contribution in [-0.2, 0) is 17.9 Å². The van der Waals surface area contributed by atoms with Crippen molar-refractivity contribution in [1.29, 1.82) is 0 Å². The molecule has 1 fully saturated rings. The van der Waals surface area contributed by atoms with Crippen LogP contribution >= 0.6 is 0 Å². The molecule has 0 unspecified atom stereocenters. The van der Waals surface area contributed by atoms with Crippen molar-refractivity contribution in [2.45, 2.75) is 52.2 Å². The summed E-state index contributed by atoms with van der Waals surface area (Å²) >= 11 is 0. The van der Waals surface area contributed by atoms with E-state index < -0.39 is 11.9 Å². The van der Waals surface area contributed by atoms with Crippen LogP contribution in [-0.4, -0.2) is 49.4 Å². The molecule has 3 heterocycles. The smallest absolute Gasteiger partial charge is 0.291 e. The van der Waals surface area contributed by atoms with E-state index in [-0.39, 0.29) is 11.7 Å². The van der Waals surface area contributed by atoms with Crippen LogP contribution in [0.2, 0.25) is 0 Å². The number of hydrogen-bond donors (Lipinski definition) is 1. The summed E-state index contributed by atoms with van der Waals surface area (Å²) in [5, 5.41) is 11.5. The highest BCUT2D eigenvalue weighted by Gasteiger charge is 2.31. The lowest BCUT2D eigenvalue weighted by molar-refractivity contribution is -0.120. The van der Waals surface area contributed by atoms with Crippen LogP contribution in [0.15, 0.2) is 12.4 Å². The molecule has 0 aromatic carbocycles. The predicted molar refractivity (Wildman–Crippen MR) is 98.2 cm³/mol. The summed E-state index contributed by atoms with van der Waals surface area (Å²) in [4.78, 5) is 30.9. The Morgan fingerprint density at radius 1 is 1.33 bits per heavy atom.